The van der Waals surface area contributed by atoms with Gasteiger partial charge in [-0.15, -0.1) is 0 Å². The fourth-order valence-corrected chi connectivity index (χ4v) is 4.29. The molecule has 1 N–H and O–H groups in total. The number of nitrogens with one attached hydrogen (secondary N) is 1. The molecule has 0 aliphatic rings. The first-order valence-electron chi connectivity index (χ1n) is 10.5. The fourth-order valence-electron chi connectivity index (χ4n) is 3.54. The third-order valence-electron chi connectivity index (χ3n) is 5.30. The van der Waals surface area contributed by atoms with Crippen molar-refractivity contribution in [2.24, 2.45) is 0 Å². The van der Waals surface area contributed by atoms with Gasteiger partial charge in [-0.1, -0.05) is 84.1 Å². The van der Waals surface area contributed by atoms with E-state index >= 15 is 0 Å². The molecule has 0 aliphatic heterocycles. The quantitative estimate of drug-likeness (QED) is 0.420. The highest BCUT2D eigenvalue weighted by atomic mass is 32.2. The summed E-state index contributed by atoms with van der Waals surface area (Å²) in [6, 6.07) is 25.4. The Morgan fingerprint density at radius 2 is 1.69 bits per heavy atom. The number of nitrogens with zero attached hydrogens (tertiary/aromatic N) is 2. The summed E-state index contributed by atoms with van der Waals surface area (Å²) in [5.74, 6) is -0.00625. The Kier molecular flexibility index (Phi) is 6.71. The lowest BCUT2D eigenvalue weighted by Crippen LogP contribution is -2.29. The van der Waals surface area contributed by atoms with Gasteiger partial charge >= 0.3 is 0 Å². The Hall–Kier alpha value is -3.38. The number of aryl methyl sites for hydroxylation is 1. The molecule has 4 aromatic rings. The molecule has 1 atom stereocenters. The van der Waals surface area contributed by atoms with Gasteiger partial charge in [0.25, 0.3) is 5.56 Å². The van der Waals surface area contributed by atoms with Crippen molar-refractivity contribution in [1.82, 2.24) is 14.9 Å². The molecular formula is C26H25N3O2S. The number of hydrogen-bond donors (Lipinski definition) is 1. The molecule has 3 aromatic carbocycles. The van der Waals surface area contributed by atoms with Crippen LogP contribution in [0.25, 0.3) is 11.0 Å². The summed E-state index contributed by atoms with van der Waals surface area (Å²) in [5, 5.41) is 3.32. The third kappa shape index (κ3) is 5.08. The highest BCUT2D eigenvalue weighted by molar-refractivity contribution is 7.99. The lowest BCUT2D eigenvalue weighted by Gasteiger charge is -2.15. The second-order valence-electron chi connectivity index (χ2n) is 7.77. The van der Waals surface area contributed by atoms with Crippen molar-refractivity contribution in [3.05, 3.63) is 106 Å². The van der Waals surface area contributed by atoms with Crippen LogP contribution in [-0.2, 0) is 11.3 Å². The Morgan fingerprint density at radius 1 is 1.00 bits per heavy atom. The van der Waals surface area contributed by atoms with Gasteiger partial charge in [-0.2, -0.15) is 0 Å². The van der Waals surface area contributed by atoms with Gasteiger partial charge in [0.15, 0.2) is 5.03 Å². The normalized spacial score (nSPS) is 11.9. The van der Waals surface area contributed by atoms with E-state index in [0.29, 0.717) is 11.6 Å². The predicted molar refractivity (Wildman–Crippen MR) is 130 cm³/mol. The molecule has 0 spiro atoms. The lowest BCUT2D eigenvalue weighted by atomic mass is 10.1. The number of thioether (sulfide) groups is 1. The van der Waals surface area contributed by atoms with E-state index < -0.39 is 0 Å². The number of carbonyl (C=O) groups excluding carboxylic acids is 1. The van der Waals surface area contributed by atoms with Crippen LogP contribution in [0.3, 0.4) is 0 Å². The Morgan fingerprint density at radius 3 is 2.44 bits per heavy atom. The van der Waals surface area contributed by atoms with Gasteiger partial charge in [-0.05, 0) is 37.1 Å². The molecule has 1 heterocycles. The third-order valence-corrected chi connectivity index (χ3v) is 6.25. The smallest absolute Gasteiger partial charge is 0.283 e. The van der Waals surface area contributed by atoms with Crippen molar-refractivity contribution in [2.45, 2.75) is 31.5 Å². The topological polar surface area (TPSA) is 64.0 Å². The summed E-state index contributed by atoms with van der Waals surface area (Å²) in [4.78, 5) is 30.3. The monoisotopic (exact) mass is 443 g/mol. The van der Waals surface area contributed by atoms with Crippen molar-refractivity contribution in [1.29, 1.82) is 0 Å². The number of aromatic nitrogens is 2. The van der Waals surface area contributed by atoms with Crippen molar-refractivity contribution < 1.29 is 4.79 Å². The molecule has 1 unspecified atom stereocenters. The largest absolute Gasteiger partial charge is 0.349 e. The molecule has 5 nitrogen and oxygen atoms in total. The van der Waals surface area contributed by atoms with Crippen molar-refractivity contribution >= 4 is 28.7 Å². The molecule has 32 heavy (non-hydrogen) atoms. The van der Waals surface area contributed by atoms with Crippen LogP contribution in [-0.4, -0.2) is 21.2 Å². The maximum absolute atomic E-state index is 13.3. The van der Waals surface area contributed by atoms with Gasteiger partial charge in [0.1, 0.15) is 0 Å². The number of amides is 1. The summed E-state index contributed by atoms with van der Waals surface area (Å²) in [6.45, 7) is 4.43. The Labute approximate surface area is 191 Å². The van der Waals surface area contributed by atoms with E-state index in [1.807, 2.05) is 92.7 Å². The van der Waals surface area contributed by atoms with E-state index in [1.54, 1.807) is 4.57 Å². The number of rotatable bonds is 7. The number of benzene rings is 3. The molecule has 6 heteroatoms. The zero-order valence-electron chi connectivity index (χ0n) is 18.1. The maximum Gasteiger partial charge on any atom is 0.283 e. The first-order chi connectivity index (χ1) is 15.5. The van der Waals surface area contributed by atoms with Crippen LogP contribution in [0.5, 0.6) is 0 Å². The Bertz CT molecular complexity index is 1280. The summed E-state index contributed by atoms with van der Waals surface area (Å²) >= 11 is 1.18. The number of carbonyl (C=O) groups is 1. The molecule has 1 aromatic heterocycles. The fraction of sp³-hybridized carbons (Fsp3) is 0.192. The predicted octanol–water partition coefficient (Wildman–Crippen LogP) is 4.72. The van der Waals surface area contributed by atoms with Crippen LogP contribution in [0.15, 0.2) is 88.7 Å². The molecule has 1 amide bonds. The van der Waals surface area contributed by atoms with Gasteiger partial charge in [0.2, 0.25) is 5.91 Å². The molecule has 0 aliphatic carbocycles. The van der Waals surface area contributed by atoms with Crippen LogP contribution < -0.4 is 10.9 Å². The van der Waals surface area contributed by atoms with Crippen LogP contribution in [0.1, 0.15) is 29.7 Å². The second kappa shape index (κ2) is 9.83. The SMILES string of the molecule is Cc1ccc(Cn2c(=O)c(SCC(=O)NC(C)c3ccccc3)nc3ccccc32)cc1. The highest BCUT2D eigenvalue weighted by Gasteiger charge is 2.15. The molecule has 4 rings (SSSR count). The molecule has 0 saturated carbocycles. The summed E-state index contributed by atoms with van der Waals surface area (Å²) < 4.78 is 1.74. The molecular weight excluding hydrogens is 418 g/mol. The van der Waals surface area contributed by atoms with Crippen LogP contribution >= 0.6 is 11.8 Å². The first-order valence-corrected chi connectivity index (χ1v) is 11.5. The number of fused-ring (bicyclic) bond motifs is 1. The highest BCUT2D eigenvalue weighted by Crippen LogP contribution is 2.18. The standard InChI is InChI=1S/C26H25N3O2S/c1-18-12-14-20(15-13-18)16-29-23-11-7-6-10-22(23)28-25(26(29)31)32-17-24(30)27-19(2)21-8-4-3-5-9-21/h3-15,19H,16-17H2,1-2H3,(H,27,30). The van der Waals surface area contributed by atoms with Gasteiger partial charge < -0.3 is 5.32 Å². The molecule has 162 valence electrons. The van der Waals surface area contributed by atoms with Crippen molar-refractivity contribution in [3.8, 4) is 0 Å². The van der Waals surface area contributed by atoms with Crippen molar-refractivity contribution in [3.63, 3.8) is 0 Å². The second-order valence-corrected chi connectivity index (χ2v) is 8.74. The zero-order valence-corrected chi connectivity index (χ0v) is 18.9. The first kappa shape index (κ1) is 21.8. The lowest BCUT2D eigenvalue weighted by molar-refractivity contribution is -0.119. The van der Waals surface area contributed by atoms with E-state index in [-0.39, 0.29) is 23.3 Å². The molecule has 0 saturated heterocycles. The van der Waals surface area contributed by atoms with Crippen molar-refractivity contribution in [2.75, 3.05) is 5.75 Å². The average molecular weight is 444 g/mol. The number of para-hydroxylation sites is 2. The molecule has 0 bridgehead atoms. The van der Waals surface area contributed by atoms with Gasteiger partial charge in [0, 0.05) is 0 Å². The van der Waals surface area contributed by atoms with Crippen LogP contribution in [0.4, 0.5) is 0 Å². The van der Waals surface area contributed by atoms with Crippen LogP contribution in [0.2, 0.25) is 0 Å². The van der Waals surface area contributed by atoms with E-state index in [4.69, 9.17) is 0 Å². The van der Waals surface area contributed by atoms with E-state index in [9.17, 15) is 9.59 Å². The van der Waals surface area contributed by atoms with Crippen LogP contribution in [0, 0.1) is 6.92 Å². The van der Waals surface area contributed by atoms with E-state index in [2.05, 4.69) is 10.3 Å². The molecule has 0 radical (unpaired) electrons. The average Bonchev–Trinajstić information content (AvgIpc) is 2.81. The van der Waals surface area contributed by atoms with E-state index in [1.165, 1.54) is 17.3 Å². The van der Waals surface area contributed by atoms with Gasteiger partial charge in [-0.3, -0.25) is 14.2 Å². The van der Waals surface area contributed by atoms with E-state index in [0.717, 1.165) is 22.2 Å². The Balaban J connectivity index is 1.55. The minimum absolute atomic E-state index is 0.105. The maximum atomic E-state index is 13.3. The minimum atomic E-state index is -0.182. The van der Waals surface area contributed by atoms with Gasteiger partial charge in [0.05, 0.1) is 29.4 Å². The summed E-state index contributed by atoms with van der Waals surface area (Å²) in [7, 11) is 0. The number of hydrogen-bond acceptors (Lipinski definition) is 4. The minimum Gasteiger partial charge on any atom is -0.349 e. The molecule has 0 fully saturated rings. The summed E-state index contributed by atoms with van der Waals surface area (Å²) in [5.41, 5.74) is 4.59. The zero-order chi connectivity index (χ0) is 22.5. The van der Waals surface area contributed by atoms with Gasteiger partial charge in [-0.25, -0.2) is 4.98 Å². The summed E-state index contributed by atoms with van der Waals surface area (Å²) in [6.07, 6.45) is 0.